The summed E-state index contributed by atoms with van der Waals surface area (Å²) in [7, 11) is 1.61. The molecule has 1 aromatic heterocycles. The van der Waals surface area contributed by atoms with E-state index in [0.29, 0.717) is 0 Å². The fourth-order valence-corrected chi connectivity index (χ4v) is 1.47. The summed E-state index contributed by atoms with van der Waals surface area (Å²) < 4.78 is 5.62. The van der Waals surface area contributed by atoms with Crippen molar-refractivity contribution >= 4 is 33.3 Å². The molecule has 0 bridgehead atoms. The number of thiazole rings is 1. The van der Waals surface area contributed by atoms with Crippen molar-refractivity contribution in [2.45, 2.75) is 0 Å². The monoisotopic (exact) mass is 219 g/mol. The van der Waals surface area contributed by atoms with Crippen LogP contribution in [-0.4, -0.2) is 12.1 Å². The smallest absolute Gasteiger partial charge is 0.159 e. The SMILES string of the molecule is COC=Cc1csc(Br)n1. The number of rotatable bonds is 2. The highest BCUT2D eigenvalue weighted by Gasteiger charge is 1.92. The van der Waals surface area contributed by atoms with Crippen LogP contribution in [0.3, 0.4) is 0 Å². The van der Waals surface area contributed by atoms with Crippen LogP contribution in [0, 0.1) is 0 Å². The second-order valence-electron chi connectivity index (χ2n) is 1.56. The summed E-state index contributed by atoms with van der Waals surface area (Å²) in [5.74, 6) is 0. The average molecular weight is 220 g/mol. The molecule has 1 rings (SSSR count). The van der Waals surface area contributed by atoms with E-state index in [1.165, 1.54) is 0 Å². The zero-order valence-corrected chi connectivity index (χ0v) is 7.78. The minimum Gasteiger partial charge on any atom is -0.504 e. The van der Waals surface area contributed by atoms with E-state index < -0.39 is 0 Å². The minimum absolute atomic E-state index is 0.892. The molecule has 0 aliphatic carbocycles. The molecule has 0 aliphatic rings. The van der Waals surface area contributed by atoms with Gasteiger partial charge in [-0.25, -0.2) is 4.98 Å². The van der Waals surface area contributed by atoms with Crippen molar-refractivity contribution < 1.29 is 4.74 Å². The van der Waals surface area contributed by atoms with Crippen LogP contribution in [0.1, 0.15) is 5.69 Å². The standard InChI is InChI=1S/C6H6BrNOS/c1-9-3-2-5-4-10-6(7)8-5/h2-4H,1H3. The van der Waals surface area contributed by atoms with Crippen LogP contribution in [0.15, 0.2) is 15.6 Å². The summed E-state index contributed by atoms with van der Waals surface area (Å²) >= 11 is 4.81. The Balaban J connectivity index is 2.67. The van der Waals surface area contributed by atoms with Gasteiger partial charge in [-0.2, -0.15) is 0 Å². The van der Waals surface area contributed by atoms with Crippen LogP contribution in [0.25, 0.3) is 6.08 Å². The van der Waals surface area contributed by atoms with Gasteiger partial charge in [-0.05, 0) is 22.0 Å². The Morgan fingerprint density at radius 1 is 1.80 bits per heavy atom. The quantitative estimate of drug-likeness (QED) is 0.714. The third-order valence-electron chi connectivity index (χ3n) is 0.869. The zero-order chi connectivity index (χ0) is 7.40. The van der Waals surface area contributed by atoms with Crippen molar-refractivity contribution in [3.63, 3.8) is 0 Å². The first kappa shape index (κ1) is 7.75. The zero-order valence-electron chi connectivity index (χ0n) is 5.37. The molecular formula is C6H6BrNOS. The molecule has 0 aromatic carbocycles. The van der Waals surface area contributed by atoms with Crippen LogP contribution in [0.5, 0.6) is 0 Å². The highest BCUT2D eigenvalue weighted by Crippen LogP contribution is 2.16. The van der Waals surface area contributed by atoms with E-state index in [0.717, 1.165) is 9.61 Å². The summed E-state index contributed by atoms with van der Waals surface area (Å²) in [5, 5.41) is 1.94. The molecule has 0 spiro atoms. The number of hydrogen-bond acceptors (Lipinski definition) is 3. The number of hydrogen-bond donors (Lipinski definition) is 0. The Labute approximate surface area is 71.7 Å². The molecule has 0 aliphatic heterocycles. The van der Waals surface area contributed by atoms with Gasteiger partial charge in [0, 0.05) is 5.38 Å². The molecule has 0 unspecified atom stereocenters. The van der Waals surface area contributed by atoms with E-state index in [-0.39, 0.29) is 0 Å². The topological polar surface area (TPSA) is 22.1 Å². The largest absolute Gasteiger partial charge is 0.504 e. The second-order valence-corrected chi connectivity index (χ2v) is 3.70. The van der Waals surface area contributed by atoms with Crippen molar-refractivity contribution in [3.05, 3.63) is 21.3 Å². The molecule has 0 atom stereocenters. The van der Waals surface area contributed by atoms with Crippen LogP contribution in [0.2, 0.25) is 0 Å². The second kappa shape index (κ2) is 3.73. The Hall–Kier alpha value is -0.350. The van der Waals surface area contributed by atoms with Crippen LogP contribution in [-0.2, 0) is 4.74 Å². The molecule has 0 fully saturated rings. The molecule has 0 radical (unpaired) electrons. The lowest BCUT2D eigenvalue weighted by molar-refractivity contribution is 0.341. The fourth-order valence-electron chi connectivity index (χ4n) is 0.478. The van der Waals surface area contributed by atoms with Gasteiger partial charge in [0.15, 0.2) is 3.92 Å². The van der Waals surface area contributed by atoms with Gasteiger partial charge in [-0.15, -0.1) is 11.3 Å². The van der Waals surface area contributed by atoms with Gasteiger partial charge in [-0.3, -0.25) is 0 Å². The molecule has 0 amide bonds. The average Bonchev–Trinajstić information content (AvgIpc) is 2.31. The minimum atomic E-state index is 0.892. The number of methoxy groups -OCH3 is 1. The van der Waals surface area contributed by atoms with Crippen molar-refractivity contribution in [2.75, 3.05) is 7.11 Å². The van der Waals surface area contributed by atoms with Crippen molar-refractivity contribution in [3.8, 4) is 0 Å². The third-order valence-corrected chi connectivity index (χ3v) is 2.25. The Morgan fingerprint density at radius 3 is 3.10 bits per heavy atom. The summed E-state index contributed by atoms with van der Waals surface area (Å²) in [6, 6.07) is 0. The van der Waals surface area contributed by atoms with Gasteiger partial charge < -0.3 is 4.74 Å². The van der Waals surface area contributed by atoms with E-state index >= 15 is 0 Å². The molecular weight excluding hydrogens is 214 g/mol. The molecule has 4 heteroatoms. The van der Waals surface area contributed by atoms with Gasteiger partial charge in [-0.1, -0.05) is 0 Å². The van der Waals surface area contributed by atoms with Crippen LogP contribution < -0.4 is 0 Å². The van der Waals surface area contributed by atoms with Crippen LogP contribution >= 0.6 is 27.3 Å². The van der Waals surface area contributed by atoms with Gasteiger partial charge >= 0.3 is 0 Å². The first-order valence-corrected chi connectivity index (χ1v) is 4.30. The Bertz CT molecular complexity index is 233. The van der Waals surface area contributed by atoms with E-state index in [9.17, 15) is 0 Å². The third kappa shape index (κ3) is 2.11. The van der Waals surface area contributed by atoms with E-state index in [1.54, 1.807) is 30.8 Å². The van der Waals surface area contributed by atoms with E-state index in [4.69, 9.17) is 4.74 Å². The molecule has 0 N–H and O–H groups in total. The highest BCUT2D eigenvalue weighted by atomic mass is 79.9. The molecule has 0 saturated carbocycles. The van der Waals surface area contributed by atoms with Crippen molar-refractivity contribution in [1.29, 1.82) is 0 Å². The predicted molar refractivity (Wildman–Crippen MR) is 45.9 cm³/mol. The maximum absolute atomic E-state index is 4.72. The van der Waals surface area contributed by atoms with Crippen molar-refractivity contribution in [2.24, 2.45) is 0 Å². The van der Waals surface area contributed by atoms with Gasteiger partial charge in [0.05, 0.1) is 19.1 Å². The first-order chi connectivity index (χ1) is 4.83. The van der Waals surface area contributed by atoms with Crippen molar-refractivity contribution in [1.82, 2.24) is 4.98 Å². The lowest BCUT2D eigenvalue weighted by Gasteiger charge is -1.82. The predicted octanol–water partition coefficient (Wildman–Crippen LogP) is 2.52. The molecule has 10 heavy (non-hydrogen) atoms. The van der Waals surface area contributed by atoms with Gasteiger partial charge in [0.2, 0.25) is 0 Å². The van der Waals surface area contributed by atoms with Gasteiger partial charge in [0.1, 0.15) is 0 Å². The van der Waals surface area contributed by atoms with E-state index in [2.05, 4.69) is 20.9 Å². The number of aromatic nitrogens is 1. The Kier molecular flexibility index (Phi) is 2.89. The summed E-state index contributed by atoms with van der Waals surface area (Å²) in [4.78, 5) is 4.12. The first-order valence-electron chi connectivity index (χ1n) is 2.63. The number of ether oxygens (including phenoxy) is 1. The van der Waals surface area contributed by atoms with Gasteiger partial charge in [0.25, 0.3) is 0 Å². The molecule has 1 aromatic rings. The Morgan fingerprint density at radius 2 is 2.60 bits per heavy atom. The fraction of sp³-hybridized carbons (Fsp3) is 0.167. The lowest BCUT2D eigenvalue weighted by Crippen LogP contribution is -1.69. The lowest BCUT2D eigenvalue weighted by atomic mass is 10.5. The maximum atomic E-state index is 4.72. The summed E-state index contributed by atoms with van der Waals surface area (Å²) in [6.45, 7) is 0. The van der Waals surface area contributed by atoms with Crippen LogP contribution in [0.4, 0.5) is 0 Å². The normalized spacial score (nSPS) is 10.6. The highest BCUT2D eigenvalue weighted by molar-refractivity contribution is 9.11. The number of nitrogens with zero attached hydrogens (tertiary/aromatic N) is 1. The molecule has 0 saturated heterocycles. The number of halogens is 1. The molecule has 1 heterocycles. The maximum Gasteiger partial charge on any atom is 0.159 e. The molecule has 54 valence electrons. The summed E-state index contributed by atoms with van der Waals surface area (Å²) in [6.07, 6.45) is 3.41. The summed E-state index contributed by atoms with van der Waals surface area (Å²) in [5.41, 5.74) is 0.915. The van der Waals surface area contributed by atoms with E-state index in [1.807, 2.05) is 5.38 Å². The molecule has 2 nitrogen and oxygen atoms in total.